The molecule has 7 heteroatoms. The number of halogens is 5. The molecule has 1 atom stereocenters. The van der Waals surface area contributed by atoms with E-state index < -0.39 is 18.0 Å². The van der Waals surface area contributed by atoms with Gasteiger partial charge < -0.3 is 9.47 Å². The molecule has 0 aromatic heterocycles. The first-order chi connectivity index (χ1) is 8.37. The summed E-state index contributed by atoms with van der Waals surface area (Å²) in [5, 5.41) is -1.10. The van der Waals surface area contributed by atoms with Gasteiger partial charge in [0.25, 0.3) is 0 Å². The van der Waals surface area contributed by atoms with Crippen molar-refractivity contribution in [3.8, 4) is 11.5 Å². The molecule has 1 aliphatic rings. The van der Waals surface area contributed by atoms with Crippen LogP contribution < -0.4 is 9.47 Å². The van der Waals surface area contributed by atoms with Crippen LogP contribution in [0.4, 0.5) is 13.2 Å². The Labute approximate surface area is 112 Å². The molecule has 2 rings (SSSR count). The second-order valence-corrected chi connectivity index (χ2v) is 4.74. The van der Waals surface area contributed by atoms with Crippen LogP contribution in [0.25, 0.3) is 0 Å². The standard InChI is InChI=1S/C11H9Cl2F3O2/c12-7-4-10-9(17-1-2-18-10)3-6(7)8(13)5-11(14,15)16/h3-4,8H,1-2,5H2. The van der Waals surface area contributed by atoms with Crippen LogP contribution in [0.5, 0.6) is 11.5 Å². The summed E-state index contributed by atoms with van der Waals surface area (Å²) in [4.78, 5) is 0. The van der Waals surface area contributed by atoms with Crippen molar-refractivity contribution in [2.24, 2.45) is 0 Å². The predicted octanol–water partition coefficient (Wildman–Crippen LogP) is 4.34. The van der Waals surface area contributed by atoms with Gasteiger partial charge in [-0.2, -0.15) is 13.2 Å². The molecule has 0 bridgehead atoms. The summed E-state index contributed by atoms with van der Waals surface area (Å²) in [5.41, 5.74) is 0.194. The molecule has 2 nitrogen and oxygen atoms in total. The van der Waals surface area contributed by atoms with Gasteiger partial charge in [-0.3, -0.25) is 0 Å². The Morgan fingerprint density at radius 1 is 1.17 bits per heavy atom. The van der Waals surface area contributed by atoms with Crippen LogP contribution in [0.15, 0.2) is 12.1 Å². The molecule has 0 saturated carbocycles. The van der Waals surface area contributed by atoms with E-state index in [1.54, 1.807) is 0 Å². The third kappa shape index (κ3) is 3.14. The van der Waals surface area contributed by atoms with Gasteiger partial charge in [-0.1, -0.05) is 11.6 Å². The van der Waals surface area contributed by atoms with E-state index in [-0.39, 0.29) is 10.6 Å². The van der Waals surface area contributed by atoms with Gasteiger partial charge >= 0.3 is 6.18 Å². The highest BCUT2D eigenvalue weighted by Gasteiger charge is 2.33. The van der Waals surface area contributed by atoms with Gasteiger partial charge in [0.15, 0.2) is 11.5 Å². The van der Waals surface area contributed by atoms with Crippen molar-refractivity contribution in [2.75, 3.05) is 13.2 Å². The second kappa shape index (κ2) is 5.05. The molecule has 100 valence electrons. The fourth-order valence-electron chi connectivity index (χ4n) is 1.63. The summed E-state index contributed by atoms with van der Waals surface area (Å²) in [6.45, 7) is 0.732. The lowest BCUT2D eigenvalue weighted by Gasteiger charge is -2.21. The van der Waals surface area contributed by atoms with Crippen molar-refractivity contribution in [2.45, 2.75) is 18.0 Å². The Morgan fingerprint density at radius 2 is 1.72 bits per heavy atom. The molecule has 18 heavy (non-hydrogen) atoms. The molecule has 0 spiro atoms. The minimum Gasteiger partial charge on any atom is -0.486 e. The zero-order valence-corrected chi connectivity index (χ0v) is 10.6. The average Bonchev–Trinajstić information content (AvgIpc) is 2.25. The van der Waals surface area contributed by atoms with Crippen LogP contribution in [-0.4, -0.2) is 19.4 Å². The van der Waals surface area contributed by atoms with Gasteiger partial charge in [0.05, 0.1) is 11.8 Å². The topological polar surface area (TPSA) is 18.5 Å². The lowest BCUT2D eigenvalue weighted by Crippen LogP contribution is -2.16. The van der Waals surface area contributed by atoms with E-state index in [0.717, 1.165) is 0 Å². The molecule has 0 aliphatic carbocycles. The predicted molar refractivity (Wildman–Crippen MR) is 61.7 cm³/mol. The number of hydrogen-bond donors (Lipinski definition) is 0. The van der Waals surface area contributed by atoms with Crippen LogP contribution in [0.1, 0.15) is 17.4 Å². The molecular weight excluding hydrogens is 292 g/mol. The Bertz CT molecular complexity index is 449. The van der Waals surface area contributed by atoms with Gasteiger partial charge in [-0.25, -0.2) is 0 Å². The fraction of sp³-hybridized carbons (Fsp3) is 0.455. The molecule has 1 heterocycles. The minimum atomic E-state index is -4.34. The molecule has 0 radical (unpaired) electrons. The summed E-state index contributed by atoms with van der Waals surface area (Å²) in [7, 11) is 0. The van der Waals surface area contributed by atoms with Crippen LogP contribution >= 0.6 is 23.2 Å². The second-order valence-electron chi connectivity index (χ2n) is 3.80. The maximum atomic E-state index is 12.3. The number of benzene rings is 1. The summed E-state index contributed by atoms with van der Waals surface area (Å²) >= 11 is 11.6. The zero-order valence-electron chi connectivity index (χ0n) is 9.06. The lowest BCUT2D eigenvalue weighted by atomic mass is 10.1. The smallest absolute Gasteiger partial charge is 0.390 e. The quantitative estimate of drug-likeness (QED) is 0.756. The van der Waals surface area contributed by atoms with Crippen molar-refractivity contribution in [1.82, 2.24) is 0 Å². The lowest BCUT2D eigenvalue weighted by molar-refractivity contribution is -0.134. The molecule has 1 aromatic carbocycles. The minimum absolute atomic E-state index is 0.142. The summed E-state index contributed by atoms with van der Waals surface area (Å²) in [5.74, 6) is 0.791. The summed E-state index contributed by atoms with van der Waals surface area (Å²) in [6, 6.07) is 2.83. The van der Waals surface area contributed by atoms with Crippen molar-refractivity contribution >= 4 is 23.2 Å². The van der Waals surface area contributed by atoms with Crippen LogP contribution in [-0.2, 0) is 0 Å². The maximum Gasteiger partial charge on any atom is 0.390 e. The van der Waals surface area contributed by atoms with Crippen LogP contribution in [0.3, 0.4) is 0 Å². The monoisotopic (exact) mass is 300 g/mol. The normalized spacial score (nSPS) is 16.5. The first-order valence-corrected chi connectivity index (χ1v) is 5.98. The van der Waals surface area contributed by atoms with E-state index in [0.29, 0.717) is 24.7 Å². The summed E-state index contributed by atoms with van der Waals surface area (Å²) < 4.78 is 47.4. The highest BCUT2D eigenvalue weighted by molar-refractivity contribution is 6.33. The van der Waals surface area contributed by atoms with Gasteiger partial charge in [0.2, 0.25) is 0 Å². The number of hydrogen-bond acceptors (Lipinski definition) is 2. The van der Waals surface area contributed by atoms with Gasteiger partial charge in [0, 0.05) is 11.1 Å². The highest BCUT2D eigenvalue weighted by Crippen LogP contribution is 2.42. The van der Waals surface area contributed by atoms with E-state index in [1.807, 2.05) is 0 Å². The van der Waals surface area contributed by atoms with E-state index >= 15 is 0 Å². The molecule has 0 amide bonds. The Hall–Kier alpha value is -0.810. The van der Waals surface area contributed by atoms with E-state index in [2.05, 4.69) is 0 Å². The Kier molecular flexibility index (Phi) is 3.82. The number of fused-ring (bicyclic) bond motifs is 1. The first kappa shape index (κ1) is 13.6. The number of ether oxygens (including phenoxy) is 2. The van der Waals surface area contributed by atoms with E-state index in [4.69, 9.17) is 32.7 Å². The molecule has 1 aromatic rings. The van der Waals surface area contributed by atoms with Gasteiger partial charge in [-0.15, -0.1) is 11.6 Å². The molecular formula is C11H9Cl2F3O2. The first-order valence-electron chi connectivity index (χ1n) is 5.16. The fourth-order valence-corrected chi connectivity index (χ4v) is 2.33. The molecule has 0 saturated heterocycles. The largest absolute Gasteiger partial charge is 0.486 e. The van der Waals surface area contributed by atoms with Crippen molar-refractivity contribution < 1.29 is 22.6 Å². The molecule has 1 aliphatic heterocycles. The summed E-state index contributed by atoms with van der Waals surface area (Å²) in [6.07, 6.45) is -5.49. The van der Waals surface area contributed by atoms with Gasteiger partial charge in [0.1, 0.15) is 13.2 Å². The highest BCUT2D eigenvalue weighted by atomic mass is 35.5. The van der Waals surface area contributed by atoms with Crippen LogP contribution in [0, 0.1) is 0 Å². The number of alkyl halides is 4. The van der Waals surface area contributed by atoms with Crippen molar-refractivity contribution in [3.05, 3.63) is 22.7 Å². The third-order valence-electron chi connectivity index (χ3n) is 2.41. The Balaban J connectivity index is 2.27. The average molecular weight is 301 g/mol. The molecule has 0 fully saturated rings. The van der Waals surface area contributed by atoms with Crippen molar-refractivity contribution in [1.29, 1.82) is 0 Å². The van der Waals surface area contributed by atoms with Gasteiger partial charge in [-0.05, 0) is 11.6 Å². The molecule has 0 N–H and O–H groups in total. The SMILES string of the molecule is FC(F)(F)CC(Cl)c1cc2c(cc1Cl)OCCO2. The Morgan fingerprint density at radius 3 is 2.28 bits per heavy atom. The number of rotatable bonds is 2. The third-order valence-corrected chi connectivity index (χ3v) is 3.13. The van der Waals surface area contributed by atoms with Crippen molar-refractivity contribution in [3.63, 3.8) is 0 Å². The molecule has 1 unspecified atom stereocenters. The van der Waals surface area contributed by atoms with E-state index in [9.17, 15) is 13.2 Å². The maximum absolute atomic E-state index is 12.3. The van der Waals surface area contributed by atoms with Crippen LogP contribution in [0.2, 0.25) is 5.02 Å². The zero-order chi connectivity index (χ0) is 13.3. The van der Waals surface area contributed by atoms with E-state index in [1.165, 1.54) is 12.1 Å².